The van der Waals surface area contributed by atoms with Crippen LogP contribution in [0.5, 0.6) is 0 Å². The molecule has 0 unspecified atom stereocenters. The zero-order chi connectivity index (χ0) is 13.3. The Kier molecular flexibility index (Phi) is 4.12. The number of anilines is 1. The van der Waals surface area contributed by atoms with Crippen LogP contribution in [0.3, 0.4) is 0 Å². The number of pyridine rings is 1. The lowest BCUT2D eigenvalue weighted by Crippen LogP contribution is -2.11. The monoisotopic (exact) mass is 387 g/mol. The molecule has 0 aliphatic heterocycles. The van der Waals surface area contributed by atoms with Crippen LogP contribution in [0, 0.1) is 0 Å². The Morgan fingerprint density at radius 3 is 2.56 bits per heavy atom. The molecule has 0 aliphatic rings. The van der Waals surface area contributed by atoms with E-state index in [1.807, 2.05) is 0 Å². The first kappa shape index (κ1) is 14.0. The van der Waals surface area contributed by atoms with E-state index in [4.69, 9.17) is 23.2 Å². The molecule has 0 fully saturated rings. The molecular formula is C8H4BrCl2N3O2S2. The van der Waals surface area contributed by atoms with Crippen LogP contribution in [0.25, 0.3) is 0 Å². The highest BCUT2D eigenvalue weighted by atomic mass is 79.9. The average molecular weight is 389 g/mol. The molecule has 2 heterocycles. The van der Waals surface area contributed by atoms with E-state index in [0.29, 0.717) is 4.47 Å². The molecule has 0 aliphatic carbocycles. The zero-order valence-corrected chi connectivity index (χ0v) is 13.1. The third-order valence-electron chi connectivity index (χ3n) is 1.77. The second-order valence-corrected chi connectivity index (χ2v) is 7.77. The highest BCUT2D eigenvalue weighted by molar-refractivity contribution is 9.10. The molecule has 10 heteroatoms. The molecule has 5 nitrogen and oxygen atoms in total. The fraction of sp³-hybridized carbons (Fsp3) is 0. The van der Waals surface area contributed by atoms with Crippen LogP contribution in [-0.4, -0.2) is 18.4 Å². The van der Waals surface area contributed by atoms with Crippen molar-refractivity contribution in [1.82, 2.24) is 9.97 Å². The van der Waals surface area contributed by atoms with Crippen LogP contribution in [0.1, 0.15) is 0 Å². The first-order chi connectivity index (χ1) is 8.38. The molecule has 0 saturated carbocycles. The maximum atomic E-state index is 11.9. The Labute approximate surface area is 125 Å². The molecule has 1 N–H and O–H groups in total. The van der Waals surface area contributed by atoms with Crippen molar-refractivity contribution in [3.05, 3.63) is 32.6 Å². The van der Waals surface area contributed by atoms with Gasteiger partial charge in [-0.2, -0.15) is 0 Å². The van der Waals surface area contributed by atoms with Gasteiger partial charge in [-0.15, -0.1) is 0 Å². The van der Waals surface area contributed by atoms with E-state index >= 15 is 0 Å². The number of nitrogens with one attached hydrogen (secondary N) is 1. The molecule has 2 rings (SSSR count). The third-order valence-corrected chi connectivity index (χ3v) is 5.86. The predicted molar refractivity (Wildman–Crippen MR) is 74.9 cm³/mol. The Morgan fingerprint density at radius 2 is 2.00 bits per heavy atom. The Hall–Kier alpha value is -0.410. The van der Waals surface area contributed by atoms with Gasteiger partial charge in [0.15, 0.2) is 8.68 Å². The van der Waals surface area contributed by atoms with Crippen LogP contribution < -0.4 is 4.72 Å². The maximum absolute atomic E-state index is 11.9. The van der Waals surface area contributed by atoms with Gasteiger partial charge < -0.3 is 0 Å². The van der Waals surface area contributed by atoms with Crippen molar-refractivity contribution in [2.45, 2.75) is 4.21 Å². The van der Waals surface area contributed by atoms with Crippen molar-refractivity contribution in [3.8, 4) is 0 Å². The smallest absolute Gasteiger partial charge is 0.273 e. The van der Waals surface area contributed by atoms with Crippen molar-refractivity contribution in [3.63, 3.8) is 0 Å². The van der Waals surface area contributed by atoms with Crippen molar-refractivity contribution < 1.29 is 8.42 Å². The summed E-state index contributed by atoms with van der Waals surface area (Å²) in [6.45, 7) is 0. The van der Waals surface area contributed by atoms with Crippen LogP contribution in [0.2, 0.25) is 9.62 Å². The molecule has 0 spiro atoms. The average Bonchev–Trinajstić information content (AvgIpc) is 2.71. The van der Waals surface area contributed by atoms with Gasteiger partial charge in [0, 0.05) is 0 Å². The standard InChI is InChI=1S/C8H4BrCl2N3O2S2/c9-5-1-4(2-12-7(5)10)14-18(15,16)6-3-13-8(11)17-6/h1-3,14H. The van der Waals surface area contributed by atoms with Gasteiger partial charge in [0.2, 0.25) is 0 Å². The molecule has 0 saturated heterocycles. The summed E-state index contributed by atoms with van der Waals surface area (Å²) in [5, 5.41) is 0.249. The van der Waals surface area contributed by atoms with Crippen molar-refractivity contribution in [2.75, 3.05) is 4.72 Å². The molecule has 0 radical (unpaired) electrons. The van der Waals surface area contributed by atoms with Gasteiger partial charge in [-0.3, -0.25) is 4.72 Å². The molecule has 18 heavy (non-hydrogen) atoms. The fourth-order valence-corrected chi connectivity index (χ4v) is 3.83. The van der Waals surface area contributed by atoms with E-state index in [0.717, 1.165) is 11.3 Å². The summed E-state index contributed by atoms with van der Waals surface area (Å²) in [6.07, 6.45) is 2.50. The number of hydrogen-bond donors (Lipinski definition) is 1. The number of halogens is 3. The SMILES string of the molecule is O=S(=O)(Nc1cnc(Cl)c(Br)c1)c1cnc(Cl)s1. The van der Waals surface area contributed by atoms with E-state index in [9.17, 15) is 8.42 Å². The summed E-state index contributed by atoms with van der Waals surface area (Å²) in [7, 11) is -3.70. The molecule has 96 valence electrons. The van der Waals surface area contributed by atoms with E-state index in [-0.39, 0.29) is 19.5 Å². The minimum atomic E-state index is -3.70. The largest absolute Gasteiger partial charge is 0.277 e. The van der Waals surface area contributed by atoms with Gasteiger partial charge in [0.25, 0.3) is 10.0 Å². The summed E-state index contributed by atoms with van der Waals surface area (Å²) in [5.41, 5.74) is 0.288. The fourth-order valence-electron chi connectivity index (χ4n) is 1.05. The normalized spacial score (nSPS) is 11.5. The van der Waals surface area contributed by atoms with Gasteiger partial charge >= 0.3 is 0 Å². The van der Waals surface area contributed by atoms with Crippen molar-refractivity contribution in [2.24, 2.45) is 0 Å². The van der Waals surface area contributed by atoms with Crippen LogP contribution in [0.4, 0.5) is 5.69 Å². The van der Waals surface area contributed by atoms with Gasteiger partial charge in [-0.05, 0) is 22.0 Å². The predicted octanol–water partition coefficient (Wildman–Crippen LogP) is 3.41. The topological polar surface area (TPSA) is 72.0 Å². The highest BCUT2D eigenvalue weighted by Gasteiger charge is 2.18. The van der Waals surface area contributed by atoms with Crippen molar-refractivity contribution in [1.29, 1.82) is 0 Å². The number of sulfonamides is 1. The van der Waals surface area contributed by atoms with E-state index in [1.54, 1.807) is 0 Å². The van der Waals surface area contributed by atoms with Gasteiger partial charge in [-0.1, -0.05) is 34.5 Å². The summed E-state index contributed by atoms with van der Waals surface area (Å²) in [4.78, 5) is 7.49. The Bertz CT molecular complexity index is 689. The molecule has 0 aromatic carbocycles. The number of hydrogen-bond acceptors (Lipinski definition) is 5. The van der Waals surface area contributed by atoms with Crippen LogP contribution in [-0.2, 0) is 10.0 Å². The highest BCUT2D eigenvalue weighted by Crippen LogP contribution is 2.27. The summed E-state index contributed by atoms with van der Waals surface area (Å²) >= 11 is 15.3. The third kappa shape index (κ3) is 3.12. The van der Waals surface area contributed by atoms with E-state index in [2.05, 4.69) is 30.6 Å². The van der Waals surface area contributed by atoms with Gasteiger partial charge in [-0.25, -0.2) is 18.4 Å². The number of aromatic nitrogens is 2. The first-order valence-electron chi connectivity index (χ1n) is 4.34. The lowest BCUT2D eigenvalue weighted by Gasteiger charge is -2.06. The lowest BCUT2D eigenvalue weighted by atomic mass is 10.4. The number of thiazole rings is 1. The minimum absolute atomic E-state index is 0.0265. The summed E-state index contributed by atoms with van der Waals surface area (Å²) in [5.74, 6) is 0. The van der Waals surface area contributed by atoms with E-state index < -0.39 is 10.0 Å². The lowest BCUT2D eigenvalue weighted by molar-refractivity contribution is 0.603. The van der Waals surface area contributed by atoms with E-state index in [1.165, 1.54) is 18.5 Å². The molecule has 0 bridgehead atoms. The number of rotatable bonds is 3. The molecule has 0 atom stereocenters. The number of nitrogens with zero attached hydrogens (tertiary/aromatic N) is 2. The summed E-state index contributed by atoms with van der Waals surface area (Å²) < 4.78 is 26.9. The summed E-state index contributed by atoms with van der Waals surface area (Å²) in [6, 6.07) is 1.51. The minimum Gasteiger partial charge on any atom is -0.277 e. The Morgan fingerprint density at radius 1 is 1.28 bits per heavy atom. The quantitative estimate of drug-likeness (QED) is 0.817. The second kappa shape index (κ2) is 5.30. The molecule has 0 amide bonds. The molecular weight excluding hydrogens is 385 g/mol. The Balaban J connectivity index is 2.30. The van der Waals surface area contributed by atoms with Crippen LogP contribution >= 0.6 is 50.5 Å². The zero-order valence-electron chi connectivity index (χ0n) is 8.39. The van der Waals surface area contributed by atoms with Gasteiger partial charge in [0.1, 0.15) is 5.15 Å². The molecule has 2 aromatic rings. The van der Waals surface area contributed by atoms with Gasteiger partial charge in [0.05, 0.1) is 22.6 Å². The first-order valence-corrected chi connectivity index (χ1v) is 8.18. The van der Waals surface area contributed by atoms with Crippen molar-refractivity contribution >= 4 is 66.2 Å². The second-order valence-electron chi connectivity index (χ2n) is 3.03. The van der Waals surface area contributed by atoms with Crippen LogP contribution in [0.15, 0.2) is 27.1 Å². The molecule has 2 aromatic heterocycles. The maximum Gasteiger partial charge on any atom is 0.273 e.